The first kappa shape index (κ1) is 28.0. The van der Waals surface area contributed by atoms with Gasteiger partial charge in [0.25, 0.3) is 0 Å². The van der Waals surface area contributed by atoms with Crippen molar-refractivity contribution in [1.29, 1.82) is 0 Å². The Hall–Kier alpha value is -2.98. The van der Waals surface area contributed by atoms with Gasteiger partial charge in [0.05, 0.1) is 17.8 Å². The molecule has 2 aliphatic heterocycles. The van der Waals surface area contributed by atoms with E-state index in [1.165, 1.54) is 12.4 Å². The standard InChI is InChI=1S/C28H39FN4O5/c1-19(2)36-28(34)33-14-10-22(11-15-33)37-26-20(3)27(31-18-30-26)38-25-8-7-21(16-24(25)29)9-13-32-12-5-6-23(17-32)35-4/h7-8,16,18-19,22-23H,5-6,9-15,17H2,1-4H3/t23-/m1/s1. The summed E-state index contributed by atoms with van der Waals surface area (Å²) in [5.41, 5.74) is 1.51. The number of amides is 1. The molecule has 9 nitrogen and oxygen atoms in total. The number of nitrogens with zero attached hydrogens (tertiary/aromatic N) is 4. The molecule has 2 aromatic rings. The molecule has 0 spiro atoms. The van der Waals surface area contributed by atoms with Crippen LogP contribution in [0.25, 0.3) is 0 Å². The molecule has 4 rings (SSSR count). The number of methoxy groups -OCH3 is 1. The molecule has 0 unspecified atom stereocenters. The van der Waals surface area contributed by atoms with E-state index in [0.717, 1.165) is 44.5 Å². The van der Waals surface area contributed by atoms with E-state index in [9.17, 15) is 9.18 Å². The lowest BCUT2D eigenvalue weighted by molar-refractivity contribution is 0.0318. The Kier molecular flexibility index (Phi) is 9.74. The van der Waals surface area contributed by atoms with Gasteiger partial charge in [0, 0.05) is 46.1 Å². The number of carbonyl (C=O) groups is 1. The molecule has 1 aromatic heterocycles. The van der Waals surface area contributed by atoms with Crippen molar-refractivity contribution in [3.63, 3.8) is 0 Å². The van der Waals surface area contributed by atoms with E-state index in [1.54, 1.807) is 25.0 Å². The second kappa shape index (κ2) is 13.2. The number of aromatic nitrogens is 2. The lowest BCUT2D eigenvalue weighted by Crippen LogP contribution is -2.42. The second-order valence-corrected chi connectivity index (χ2v) is 10.3. The van der Waals surface area contributed by atoms with Gasteiger partial charge in [-0.1, -0.05) is 6.07 Å². The third kappa shape index (κ3) is 7.54. The minimum absolute atomic E-state index is 0.102. The van der Waals surface area contributed by atoms with Gasteiger partial charge < -0.3 is 28.7 Å². The summed E-state index contributed by atoms with van der Waals surface area (Å²) in [6.07, 6.45) is 5.37. The number of benzene rings is 1. The number of hydrogen-bond acceptors (Lipinski definition) is 8. The summed E-state index contributed by atoms with van der Waals surface area (Å²) in [7, 11) is 1.76. The van der Waals surface area contributed by atoms with Crippen LogP contribution in [0.3, 0.4) is 0 Å². The molecule has 2 saturated heterocycles. The Morgan fingerprint density at radius 1 is 1.11 bits per heavy atom. The van der Waals surface area contributed by atoms with Crippen LogP contribution in [0.4, 0.5) is 9.18 Å². The van der Waals surface area contributed by atoms with Gasteiger partial charge in [-0.05, 0) is 64.3 Å². The average Bonchev–Trinajstić information content (AvgIpc) is 2.91. The summed E-state index contributed by atoms with van der Waals surface area (Å²) >= 11 is 0. The summed E-state index contributed by atoms with van der Waals surface area (Å²) in [4.78, 5) is 24.6. The molecule has 1 amide bonds. The Morgan fingerprint density at radius 2 is 1.87 bits per heavy atom. The van der Waals surface area contributed by atoms with Crippen molar-refractivity contribution < 1.29 is 28.1 Å². The van der Waals surface area contributed by atoms with Crippen molar-refractivity contribution in [2.24, 2.45) is 0 Å². The van der Waals surface area contributed by atoms with Gasteiger partial charge in [-0.15, -0.1) is 0 Å². The number of ether oxygens (including phenoxy) is 4. The van der Waals surface area contributed by atoms with E-state index in [0.29, 0.717) is 37.4 Å². The average molecular weight is 531 g/mol. The molecule has 1 aromatic carbocycles. The molecule has 0 N–H and O–H groups in total. The molecular weight excluding hydrogens is 491 g/mol. The monoisotopic (exact) mass is 530 g/mol. The van der Waals surface area contributed by atoms with Crippen LogP contribution in [0.2, 0.25) is 0 Å². The van der Waals surface area contributed by atoms with Crippen LogP contribution >= 0.6 is 0 Å². The minimum Gasteiger partial charge on any atom is -0.474 e. The summed E-state index contributed by atoms with van der Waals surface area (Å²) in [6, 6.07) is 5.06. The summed E-state index contributed by atoms with van der Waals surface area (Å²) in [6.45, 7) is 9.38. The highest BCUT2D eigenvalue weighted by Crippen LogP contribution is 2.31. The number of likely N-dealkylation sites (tertiary alicyclic amines) is 2. The van der Waals surface area contributed by atoms with Crippen LogP contribution in [0.1, 0.15) is 50.7 Å². The Morgan fingerprint density at radius 3 is 2.58 bits per heavy atom. The Bertz CT molecular complexity index is 1080. The fraction of sp³-hybridized carbons (Fsp3) is 0.607. The fourth-order valence-corrected chi connectivity index (χ4v) is 4.81. The van der Waals surface area contributed by atoms with Crippen molar-refractivity contribution in [2.75, 3.05) is 39.8 Å². The summed E-state index contributed by atoms with van der Waals surface area (Å²) in [5.74, 6) is 0.317. The van der Waals surface area contributed by atoms with Crippen molar-refractivity contribution >= 4 is 6.09 Å². The Balaban J connectivity index is 1.31. The molecule has 3 heterocycles. The zero-order valence-corrected chi connectivity index (χ0v) is 22.8. The maximum atomic E-state index is 14.9. The first-order valence-electron chi connectivity index (χ1n) is 13.5. The van der Waals surface area contributed by atoms with E-state index in [-0.39, 0.29) is 36.0 Å². The summed E-state index contributed by atoms with van der Waals surface area (Å²) < 4.78 is 37.6. The van der Waals surface area contributed by atoms with Crippen LogP contribution in [-0.2, 0) is 15.9 Å². The van der Waals surface area contributed by atoms with E-state index in [2.05, 4.69) is 14.9 Å². The predicted molar refractivity (Wildman–Crippen MR) is 140 cm³/mol. The van der Waals surface area contributed by atoms with Gasteiger partial charge in [-0.3, -0.25) is 0 Å². The maximum Gasteiger partial charge on any atom is 0.410 e. The molecule has 10 heteroatoms. The number of rotatable bonds is 9. The minimum atomic E-state index is -0.433. The largest absolute Gasteiger partial charge is 0.474 e. The molecule has 208 valence electrons. The third-order valence-corrected chi connectivity index (χ3v) is 7.02. The van der Waals surface area contributed by atoms with Crippen molar-refractivity contribution in [3.05, 3.63) is 41.5 Å². The van der Waals surface area contributed by atoms with E-state index >= 15 is 0 Å². The molecule has 2 fully saturated rings. The van der Waals surface area contributed by atoms with Gasteiger partial charge in [-0.2, -0.15) is 0 Å². The number of piperidine rings is 2. The molecule has 2 aliphatic rings. The van der Waals surface area contributed by atoms with Crippen LogP contribution in [0.15, 0.2) is 24.5 Å². The van der Waals surface area contributed by atoms with Gasteiger partial charge in [0.15, 0.2) is 11.6 Å². The zero-order valence-electron chi connectivity index (χ0n) is 22.8. The molecule has 1 atom stereocenters. The first-order chi connectivity index (χ1) is 18.3. The quantitative estimate of drug-likeness (QED) is 0.459. The second-order valence-electron chi connectivity index (χ2n) is 10.3. The fourth-order valence-electron chi connectivity index (χ4n) is 4.81. The molecule has 0 saturated carbocycles. The van der Waals surface area contributed by atoms with E-state index in [1.807, 2.05) is 19.9 Å². The van der Waals surface area contributed by atoms with Crippen molar-refractivity contribution in [2.45, 2.75) is 71.2 Å². The first-order valence-corrected chi connectivity index (χ1v) is 13.5. The highest BCUT2D eigenvalue weighted by Gasteiger charge is 2.26. The van der Waals surface area contributed by atoms with Gasteiger partial charge in [0.2, 0.25) is 11.8 Å². The van der Waals surface area contributed by atoms with E-state index < -0.39 is 5.82 Å². The Labute approximate surface area is 224 Å². The van der Waals surface area contributed by atoms with E-state index in [4.69, 9.17) is 18.9 Å². The number of halogens is 1. The molecule has 0 aliphatic carbocycles. The van der Waals surface area contributed by atoms with Gasteiger partial charge >= 0.3 is 6.09 Å². The van der Waals surface area contributed by atoms with Crippen LogP contribution in [0, 0.1) is 12.7 Å². The lowest BCUT2D eigenvalue weighted by atomic mass is 10.1. The molecule has 0 bridgehead atoms. The smallest absolute Gasteiger partial charge is 0.410 e. The van der Waals surface area contributed by atoms with Crippen LogP contribution in [0.5, 0.6) is 17.5 Å². The van der Waals surface area contributed by atoms with Crippen LogP contribution < -0.4 is 9.47 Å². The SMILES string of the molecule is CO[C@@H]1CCCN(CCc2ccc(Oc3ncnc(OC4CCN(C(=O)OC(C)C)CC4)c3C)c(F)c2)C1. The van der Waals surface area contributed by atoms with Crippen molar-refractivity contribution in [3.8, 4) is 17.5 Å². The van der Waals surface area contributed by atoms with Crippen LogP contribution in [-0.4, -0.2) is 84.0 Å². The summed E-state index contributed by atoms with van der Waals surface area (Å²) in [5, 5.41) is 0. The highest BCUT2D eigenvalue weighted by molar-refractivity contribution is 5.67. The number of hydrogen-bond donors (Lipinski definition) is 0. The van der Waals surface area contributed by atoms with Gasteiger partial charge in [0.1, 0.15) is 12.4 Å². The van der Waals surface area contributed by atoms with Gasteiger partial charge in [-0.25, -0.2) is 19.2 Å². The topological polar surface area (TPSA) is 86.3 Å². The molecule has 0 radical (unpaired) electrons. The lowest BCUT2D eigenvalue weighted by Gasteiger charge is -2.32. The highest BCUT2D eigenvalue weighted by atomic mass is 19.1. The molecular formula is C28H39FN4O5. The predicted octanol–water partition coefficient (Wildman–Crippen LogP) is 4.76. The molecule has 38 heavy (non-hydrogen) atoms. The number of carbonyl (C=O) groups excluding carboxylic acids is 1. The third-order valence-electron chi connectivity index (χ3n) is 7.02. The zero-order chi connectivity index (χ0) is 27.1. The normalized spacial score (nSPS) is 19.0. The maximum absolute atomic E-state index is 14.9. The van der Waals surface area contributed by atoms with Crippen molar-refractivity contribution in [1.82, 2.24) is 19.8 Å².